The van der Waals surface area contributed by atoms with Gasteiger partial charge in [0.2, 0.25) is 0 Å². The standard InChI is InChI=1S/C32H28N4O6/c1-22-7-8-23(2)35(22)26-13-15-28(16-14-26)40-21-29-17-18-31(42-29)32(37)34-33-19-25-5-3-4-6-30(25)41-20-24-9-11-27(12-10-24)36(38)39/h3-19H,20-21H2,1-2H3,(H,34,37)/b33-19+. The van der Waals surface area contributed by atoms with Crippen molar-refractivity contribution >= 4 is 17.8 Å². The number of hydrogen-bond acceptors (Lipinski definition) is 7. The number of hydrogen-bond donors (Lipinski definition) is 1. The summed E-state index contributed by atoms with van der Waals surface area (Å²) in [6.07, 6.45) is 1.47. The summed E-state index contributed by atoms with van der Waals surface area (Å²) in [6.45, 7) is 4.50. The molecule has 1 N–H and O–H groups in total. The molecule has 0 bridgehead atoms. The van der Waals surface area contributed by atoms with Crippen molar-refractivity contribution in [3.05, 3.63) is 141 Å². The van der Waals surface area contributed by atoms with Gasteiger partial charge >= 0.3 is 5.91 Å². The van der Waals surface area contributed by atoms with Gasteiger partial charge in [-0.15, -0.1) is 0 Å². The third-order valence-corrected chi connectivity index (χ3v) is 6.46. The van der Waals surface area contributed by atoms with E-state index in [1.54, 1.807) is 36.4 Å². The molecule has 0 aliphatic carbocycles. The monoisotopic (exact) mass is 564 g/mol. The molecule has 42 heavy (non-hydrogen) atoms. The summed E-state index contributed by atoms with van der Waals surface area (Å²) in [4.78, 5) is 22.9. The lowest BCUT2D eigenvalue weighted by molar-refractivity contribution is -0.384. The van der Waals surface area contributed by atoms with Crippen LogP contribution in [0.25, 0.3) is 5.69 Å². The van der Waals surface area contributed by atoms with Gasteiger partial charge in [-0.25, -0.2) is 5.43 Å². The van der Waals surface area contributed by atoms with E-state index >= 15 is 0 Å². The van der Waals surface area contributed by atoms with Crippen molar-refractivity contribution in [2.45, 2.75) is 27.1 Å². The number of hydrazone groups is 1. The van der Waals surface area contributed by atoms with Gasteiger partial charge in [0.15, 0.2) is 5.76 Å². The Morgan fingerprint density at radius 3 is 2.33 bits per heavy atom. The number of carbonyl (C=O) groups is 1. The first-order valence-corrected chi connectivity index (χ1v) is 13.1. The van der Waals surface area contributed by atoms with Gasteiger partial charge in [0.25, 0.3) is 5.69 Å². The normalized spacial score (nSPS) is 11.0. The number of amides is 1. The van der Waals surface area contributed by atoms with Gasteiger partial charge in [0.1, 0.15) is 30.5 Å². The molecule has 212 valence electrons. The Labute approximate surface area is 242 Å². The number of furan rings is 1. The summed E-state index contributed by atoms with van der Waals surface area (Å²) < 4.78 is 19.5. The molecule has 0 spiro atoms. The minimum absolute atomic E-state index is 0.0157. The van der Waals surface area contributed by atoms with Gasteiger partial charge in [0, 0.05) is 34.8 Å². The second kappa shape index (κ2) is 12.7. The first-order chi connectivity index (χ1) is 20.4. The molecule has 0 aliphatic heterocycles. The van der Waals surface area contributed by atoms with Crippen LogP contribution in [0, 0.1) is 24.0 Å². The Morgan fingerprint density at radius 1 is 0.905 bits per heavy atom. The number of aromatic nitrogens is 1. The largest absolute Gasteiger partial charge is 0.488 e. The lowest BCUT2D eigenvalue weighted by Crippen LogP contribution is -2.16. The van der Waals surface area contributed by atoms with Gasteiger partial charge in [-0.2, -0.15) is 5.10 Å². The van der Waals surface area contributed by atoms with Crippen LogP contribution in [0.15, 0.2) is 107 Å². The van der Waals surface area contributed by atoms with Crippen LogP contribution in [0.3, 0.4) is 0 Å². The van der Waals surface area contributed by atoms with Crippen molar-refractivity contribution < 1.29 is 23.6 Å². The molecular weight excluding hydrogens is 536 g/mol. The molecule has 0 radical (unpaired) electrons. The van der Waals surface area contributed by atoms with Crippen LogP contribution in [-0.2, 0) is 13.2 Å². The first-order valence-electron chi connectivity index (χ1n) is 13.1. The second-order valence-electron chi connectivity index (χ2n) is 9.45. The van der Waals surface area contributed by atoms with E-state index in [1.165, 1.54) is 18.3 Å². The van der Waals surface area contributed by atoms with E-state index in [4.69, 9.17) is 13.9 Å². The molecular formula is C32H28N4O6. The summed E-state index contributed by atoms with van der Waals surface area (Å²) in [5.41, 5.74) is 7.25. The third kappa shape index (κ3) is 6.73. The number of benzene rings is 3. The minimum Gasteiger partial charge on any atom is -0.488 e. The number of non-ortho nitro benzene ring substituents is 1. The van der Waals surface area contributed by atoms with Gasteiger partial charge in [-0.1, -0.05) is 12.1 Å². The number of nitrogens with one attached hydrogen (secondary N) is 1. The van der Waals surface area contributed by atoms with Crippen LogP contribution in [0.5, 0.6) is 11.5 Å². The molecule has 10 heteroatoms. The number of nitrogens with zero attached hydrogens (tertiary/aromatic N) is 3. The molecule has 2 aromatic heterocycles. The Morgan fingerprint density at radius 2 is 1.62 bits per heavy atom. The highest BCUT2D eigenvalue weighted by Gasteiger charge is 2.12. The van der Waals surface area contributed by atoms with E-state index in [-0.39, 0.29) is 24.7 Å². The number of para-hydroxylation sites is 1. The molecule has 0 unspecified atom stereocenters. The number of rotatable bonds is 11. The molecule has 5 rings (SSSR count). The van der Waals surface area contributed by atoms with Crippen LogP contribution >= 0.6 is 0 Å². The van der Waals surface area contributed by atoms with Crippen LogP contribution < -0.4 is 14.9 Å². The number of ether oxygens (including phenoxy) is 2. The third-order valence-electron chi connectivity index (χ3n) is 6.46. The highest BCUT2D eigenvalue weighted by atomic mass is 16.6. The Balaban J connectivity index is 1.13. The fourth-order valence-corrected chi connectivity index (χ4v) is 4.31. The van der Waals surface area contributed by atoms with Crippen LogP contribution in [-0.4, -0.2) is 21.6 Å². The van der Waals surface area contributed by atoms with Gasteiger partial charge in [0.05, 0.1) is 11.1 Å². The zero-order valence-electron chi connectivity index (χ0n) is 23.0. The topological polar surface area (TPSA) is 121 Å². The maximum absolute atomic E-state index is 12.6. The van der Waals surface area contributed by atoms with E-state index in [0.29, 0.717) is 22.8 Å². The zero-order valence-corrected chi connectivity index (χ0v) is 23.0. The van der Waals surface area contributed by atoms with Crippen molar-refractivity contribution in [1.29, 1.82) is 0 Å². The summed E-state index contributed by atoms with van der Waals surface area (Å²) in [6, 6.07) is 28.5. The molecule has 2 heterocycles. The van der Waals surface area contributed by atoms with E-state index in [9.17, 15) is 14.9 Å². The maximum Gasteiger partial charge on any atom is 0.307 e. The SMILES string of the molecule is Cc1ccc(C)n1-c1ccc(OCc2ccc(C(=O)N/N=C/c3ccccc3OCc3ccc([N+](=O)[O-])cc3)o2)cc1. The van der Waals surface area contributed by atoms with Crippen LogP contribution in [0.1, 0.15) is 38.8 Å². The molecule has 0 saturated heterocycles. The van der Waals surface area contributed by atoms with Crippen LogP contribution in [0.4, 0.5) is 5.69 Å². The molecule has 5 aromatic rings. The average Bonchev–Trinajstić information content (AvgIpc) is 3.62. The summed E-state index contributed by atoms with van der Waals surface area (Å²) in [7, 11) is 0. The predicted octanol–water partition coefficient (Wildman–Crippen LogP) is 6.52. The van der Waals surface area contributed by atoms with E-state index in [0.717, 1.165) is 22.6 Å². The van der Waals surface area contributed by atoms with Gasteiger partial charge in [-0.3, -0.25) is 14.9 Å². The Hall–Kier alpha value is -5.64. The van der Waals surface area contributed by atoms with Crippen molar-refractivity contribution in [3.8, 4) is 17.2 Å². The van der Waals surface area contributed by atoms with Crippen molar-refractivity contribution in [3.63, 3.8) is 0 Å². The smallest absolute Gasteiger partial charge is 0.307 e. The number of carbonyl (C=O) groups excluding carboxylic acids is 1. The number of aryl methyl sites for hydroxylation is 2. The molecule has 0 atom stereocenters. The lowest BCUT2D eigenvalue weighted by Gasteiger charge is -2.10. The molecule has 3 aromatic carbocycles. The lowest BCUT2D eigenvalue weighted by atomic mass is 10.2. The molecule has 0 fully saturated rings. The second-order valence-corrected chi connectivity index (χ2v) is 9.45. The van der Waals surface area contributed by atoms with Crippen molar-refractivity contribution in [2.75, 3.05) is 0 Å². The zero-order chi connectivity index (χ0) is 29.5. The molecule has 0 aliphatic rings. The molecule has 1 amide bonds. The highest BCUT2D eigenvalue weighted by Crippen LogP contribution is 2.22. The summed E-state index contributed by atoms with van der Waals surface area (Å²) in [5, 5.41) is 14.9. The minimum atomic E-state index is -0.511. The Kier molecular flexibility index (Phi) is 8.43. The molecule has 10 nitrogen and oxygen atoms in total. The highest BCUT2D eigenvalue weighted by molar-refractivity contribution is 5.92. The molecule has 0 saturated carbocycles. The van der Waals surface area contributed by atoms with Crippen molar-refractivity contribution in [2.24, 2.45) is 5.10 Å². The van der Waals surface area contributed by atoms with Crippen LogP contribution in [0.2, 0.25) is 0 Å². The van der Waals surface area contributed by atoms with E-state index in [1.807, 2.05) is 36.4 Å². The van der Waals surface area contributed by atoms with Gasteiger partial charge in [-0.05, 0) is 92.2 Å². The summed E-state index contributed by atoms with van der Waals surface area (Å²) >= 11 is 0. The quantitative estimate of drug-likeness (QED) is 0.111. The number of nitro benzene ring substituents is 1. The summed E-state index contributed by atoms with van der Waals surface area (Å²) in [5.74, 6) is 1.31. The fraction of sp³-hybridized carbons (Fsp3) is 0.125. The van der Waals surface area contributed by atoms with Gasteiger partial charge < -0.3 is 18.5 Å². The average molecular weight is 565 g/mol. The van der Waals surface area contributed by atoms with Crippen molar-refractivity contribution in [1.82, 2.24) is 9.99 Å². The van der Waals surface area contributed by atoms with E-state index < -0.39 is 10.8 Å². The first kappa shape index (κ1) is 27.9. The van der Waals surface area contributed by atoms with E-state index in [2.05, 4.69) is 41.1 Å². The fourth-order valence-electron chi connectivity index (χ4n) is 4.31. The maximum atomic E-state index is 12.6. The number of nitro groups is 1. The Bertz CT molecular complexity index is 1700. The predicted molar refractivity (Wildman–Crippen MR) is 157 cm³/mol.